The van der Waals surface area contributed by atoms with E-state index in [-0.39, 0.29) is 54.9 Å². The average Bonchev–Trinajstić information content (AvgIpc) is 4.43. The maximum atomic E-state index is 12.8. The quantitative estimate of drug-likeness (QED) is 0.145. The molecule has 0 saturated carbocycles. The summed E-state index contributed by atoms with van der Waals surface area (Å²) in [5.41, 5.74) is 12.4. The summed E-state index contributed by atoms with van der Waals surface area (Å²) < 4.78 is 33.4. The predicted molar refractivity (Wildman–Crippen MR) is 324 cm³/mol. The molecule has 15 nitrogen and oxygen atoms in total. The molecule has 84 heavy (non-hydrogen) atoms. The van der Waals surface area contributed by atoms with Crippen molar-refractivity contribution in [2.24, 2.45) is 0 Å². The van der Waals surface area contributed by atoms with E-state index >= 15 is 0 Å². The molecule has 3 saturated heterocycles. The number of carbonyl (C=O) groups is 3. The molecule has 7 aliphatic rings. The van der Waals surface area contributed by atoms with E-state index in [1.165, 1.54) is 46.3 Å². The monoisotopic (exact) mass is 1150 g/mol. The highest BCUT2D eigenvalue weighted by Gasteiger charge is 2.44. The fourth-order valence-electron chi connectivity index (χ4n) is 13.2. The van der Waals surface area contributed by atoms with Crippen LogP contribution >= 0.6 is 0 Å². The molecule has 3 fully saturated rings. The number of amides is 2. The van der Waals surface area contributed by atoms with Crippen molar-refractivity contribution < 1.29 is 57.5 Å². The van der Waals surface area contributed by atoms with Crippen molar-refractivity contribution in [2.45, 2.75) is 192 Å². The highest BCUT2D eigenvalue weighted by Crippen LogP contribution is 2.44. The lowest BCUT2D eigenvalue weighted by molar-refractivity contribution is -0.191. The molecule has 6 unspecified atom stereocenters. The smallest absolute Gasteiger partial charge is 0.410 e. The van der Waals surface area contributed by atoms with Crippen LogP contribution in [0.25, 0.3) is 16.7 Å². The Bertz CT molecular complexity index is 2950. The summed E-state index contributed by atoms with van der Waals surface area (Å²) in [6.07, 6.45) is 14.3. The molecular formula is C69H87N3O12. The largest absolute Gasteiger partial charge is 0.497 e. The number of aryl methyl sites for hydroxylation is 1. The van der Waals surface area contributed by atoms with Crippen LogP contribution in [-0.2, 0) is 25.5 Å². The maximum absolute atomic E-state index is 12.8. The molecule has 6 aliphatic heterocycles. The highest BCUT2D eigenvalue weighted by atomic mass is 16.6. The number of aliphatic hydroxyl groups is 1. The van der Waals surface area contributed by atoms with Gasteiger partial charge in [-0.15, -0.1) is 0 Å². The highest BCUT2D eigenvalue weighted by molar-refractivity contribution is 6.00. The Morgan fingerprint density at radius 1 is 0.548 bits per heavy atom. The number of fused-ring (bicyclic) bond motifs is 7. The number of ether oxygens (including phenoxy) is 6. The molecule has 4 aromatic carbocycles. The van der Waals surface area contributed by atoms with Crippen molar-refractivity contribution in [1.82, 2.24) is 15.1 Å². The van der Waals surface area contributed by atoms with E-state index in [1.54, 1.807) is 21.3 Å². The van der Waals surface area contributed by atoms with Gasteiger partial charge in [0.05, 0.1) is 27.9 Å². The van der Waals surface area contributed by atoms with Gasteiger partial charge in [-0.1, -0.05) is 55.0 Å². The first-order valence-electron chi connectivity index (χ1n) is 30.0. The van der Waals surface area contributed by atoms with Crippen LogP contribution in [0.15, 0.2) is 108 Å². The first kappa shape index (κ1) is 62.8. The summed E-state index contributed by atoms with van der Waals surface area (Å²) in [5.74, 6) is 3.59. The number of hydrogen-bond donors (Lipinski definition) is 2. The number of ketones is 1. The lowest BCUT2D eigenvalue weighted by atomic mass is 9.88. The molecule has 0 spiro atoms. The number of rotatable bonds is 11. The Balaban J connectivity index is 0.000000161. The second-order valence-corrected chi connectivity index (χ2v) is 25.0. The van der Waals surface area contributed by atoms with Crippen molar-refractivity contribution in [3.05, 3.63) is 136 Å². The minimum atomic E-state index is -0.505. The molecule has 6 atom stereocenters. The lowest BCUT2D eigenvalue weighted by Crippen LogP contribution is -2.43. The van der Waals surface area contributed by atoms with Gasteiger partial charge in [-0.3, -0.25) is 4.79 Å². The summed E-state index contributed by atoms with van der Waals surface area (Å²) in [4.78, 5) is 57.8. The van der Waals surface area contributed by atoms with Gasteiger partial charge in [0.1, 0.15) is 40.8 Å². The van der Waals surface area contributed by atoms with E-state index in [4.69, 9.17) is 38.0 Å². The molecule has 2 N–H and O–H groups in total. The van der Waals surface area contributed by atoms with Crippen LogP contribution in [0.5, 0.6) is 23.0 Å². The normalized spacial score (nSPS) is 22.3. The second kappa shape index (κ2) is 28.1. The second-order valence-electron chi connectivity index (χ2n) is 25.0. The Morgan fingerprint density at radius 2 is 0.952 bits per heavy atom. The third kappa shape index (κ3) is 15.8. The number of nitrogens with zero attached hydrogens (tertiary/aromatic N) is 2. The number of hydrogen-bond acceptors (Lipinski definition) is 13. The van der Waals surface area contributed by atoms with Crippen LogP contribution in [0.4, 0.5) is 9.59 Å². The van der Waals surface area contributed by atoms with Gasteiger partial charge in [0.25, 0.3) is 0 Å². The predicted octanol–water partition coefficient (Wildman–Crippen LogP) is 13.4. The summed E-state index contributed by atoms with van der Waals surface area (Å²) in [7, 11) is 5.04. The fraction of sp³-hybridized carbons (Fsp3) is 0.507. The number of carbonyl (C=O) groups excluding carboxylic acids is 5. The van der Waals surface area contributed by atoms with Gasteiger partial charge in [0.15, 0.2) is 5.78 Å². The number of nitrogens with one attached hydrogen (secondary N) is 1. The molecule has 6 bridgehead atoms. The van der Waals surface area contributed by atoms with Crippen molar-refractivity contribution in [3.8, 4) is 23.0 Å². The summed E-state index contributed by atoms with van der Waals surface area (Å²) in [6.45, 7) is 14.3. The number of aliphatic hydroxyl groups excluding tert-OH is 1. The first-order chi connectivity index (χ1) is 40.2. The molecule has 2 amide bonds. The molecule has 0 aromatic heterocycles. The summed E-state index contributed by atoms with van der Waals surface area (Å²) in [6, 6.07) is 32.4. The third-order valence-electron chi connectivity index (χ3n) is 17.2. The number of Topliss-reactive ketones (excluding diaryl/α,β-unsaturated/α-hetero) is 1. The van der Waals surface area contributed by atoms with E-state index in [0.717, 1.165) is 121 Å². The Labute approximate surface area is 496 Å². The van der Waals surface area contributed by atoms with E-state index in [1.807, 2.05) is 118 Å². The standard InChI is InChI=1S/C25H27NO3.C22H31NO3.C21H29NO4.CO2/c1-28-21-8-2-16(3-9-21)23-13-20-7-6-19(26-20)12-18(23)15-29-22-10-4-17-5-11-25(27)24(17)14-22;1-6-15-13-17-9-10-18(23(17)21(24)26-22(2,3)4)14-20(15)16-7-11-19(25-5)12-8-16;1-21(2,3)26-20(24)22-16-7-8-17(22)12-19(15(11-16)13-23)14-5-9-18(25-4)10-6-14;2-1-3/h2-4,8-10,14,19-20,26H,5-7,11-13,15H2,1H3;7-8,11-12,17-18H,6,9-10,13-14H2,1-5H3;5-6,9-10,16-17,23H,7-8,11-13H2,1-4H3;. The summed E-state index contributed by atoms with van der Waals surface area (Å²) >= 11 is 0. The molecule has 15 heteroatoms. The molecule has 0 radical (unpaired) electrons. The van der Waals surface area contributed by atoms with Gasteiger partial charge < -0.3 is 48.6 Å². The molecule has 6 heterocycles. The van der Waals surface area contributed by atoms with Crippen molar-refractivity contribution >= 4 is 40.8 Å². The van der Waals surface area contributed by atoms with Crippen LogP contribution in [0, 0.1) is 0 Å². The fourth-order valence-corrected chi connectivity index (χ4v) is 13.2. The van der Waals surface area contributed by atoms with Gasteiger partial charge in [-0.2, -0.15) is 9.59 Å². The molecule has 1 aliphatic carbocycles. The van der Waals surface area contributed by atoms with Gasteiger partial charge >= 0.3 is 18.3 Å². The van der Waals surface area contributed by atoms with E-state index < -0.39 is 11.2 Å². The Morgan fingerprint density at radius 3 is 1.38 bits per heavy atom. The SMILES string of the molecule is CCC1=C(c2ccc(OC)cc2)CC2CCC(C1)N2C(=O)OC(C)(C)C.COc1ccc(C2=C(CO)CC3CCC(C2)N3C(=O)OC(C)(C)C)cc1.COc1ccc(C2=C(COc3ccc4c(c3)C(=O)CC4)CC3CCC(C2)N3)cc1.O=C=O. The summed E-state index contributed by atoms with van der Waals surface area (Å²) in [5, 5.41) is 13.7. The zero-order valence-electron chi connectivity index (χ0n) is 51.0. The van der Waals surface area contributed by atoms with Crippen LogP contribution in [-0.4, -0.2) is 121 Å². The van der Waals surface area contributed by atoms with Gasteiger partial charge in [-0.05, 0) is 230 Å². The van der Waals surface area contributed by atoms with Crippen molar-refractivity contribution in [2.75, 3.05) is 34.5 Å². The van der Waals surface area contributed by atoms with E-state index in [0.29, 0.717) is 31.5 Å². The van der Waals surface area contributed by atoms with Crippen molar-refractivity contribution in [3.63, 3.8) is 0 Å². The van der Waals surface area contributed by atoms with Crippen LogP contribution in [0.1, 0.15) is 171 Å². The minimum Gasteiger partial charge on any atom is -0.497 e. The zero-order valence-corrected chi connectivity index (χ0v) is 51.0. The van der Waals surface area contributed by atoms with Gasteiger partial charge in [0.2, 0.25) is 0 Å². The van der Waals surface area contributed by atoms with E-state index in [9.17, 15) is 19.5 Å². The van der Waals surface area contributed by atoms with Gasteiger partial charge in [0, 0.05) is 48.2 Å². The molecular weight excluding hydrogens is 1060 g/mol. The zero-order chi connectivity index (χ0) is 60.3. The van der Waals surface area contributed by atoms with Crippen LogP contribution in [0.3, 0.4) is 0 Å². The average molecular weight is 1150 g/mol. The van der Waals surface area contributed by atoms with E-state index in [2.05, 4.69) is 36.5 Å². The number of methoxy groups -OCH3 is 3. The van der Waals surface area contributed by atoms with Crippen molar-refractivity contribution in [1.29, 1.82) is 0 Å². The maximum Gasteiger partial charge on any atom is 0.410 e. The topological polar surface area (TPSA) is 179 Å². The van der Waals surface area contributed by atoms with Crippen LogP contribution in [0.2, 0.25) is 0 Å². The molecule has 4 aromatic rings. The lowest BCUT2D eigenvalue weighted by Gasteiger charge is -2.31. The first-order valence-corrected chi connectivity index (χ1v) is 30.0. The van der Waals surface area contributed by atoms with Crippen LogP contribution < -0.4 is 24.3 Å². The Kier molecular flexibility index (Phi) is 21.0. The third-order valence-corrected chi connectivity index (χ3v) is 17.2. The molecule has 11 rings (SSSR count). The number of benzene rings is 4. The van der Waals surface area contributed by atoms with Gasteiger partial charge in [-0.25, -0.2) is 9.59 Å². The molecule has 450 valence electrons. The minimum absolute atomic E-state index is 0.0206. The Hall–Kier alpha value is -7.19.